The summed E-state index contributed by atoms with van der Waals surface area (Å²) < 4.78 is 39.6. The topological polar surface area (TPSA) is 21.1 Å². The van der Waals surface area contributed by atoms with Gasteiger partial charge in [-0.1, -0.05) is 18.2 Å². The van der Waals surface area contributed by atoms with Gasteiger partial charge in [0.15, 0.2) is 0 Å². The molecule has 19 heavy (non-hydrogen) atoms. The van der Waals surface area contributed by atoms with Crippen LogP contribution < -0.4 is 0 Å². The van der Waals surface area contributed by atoms with Crippen LogP contribution in [0.3, 0.4) is 0 Å². The van der Waals surface area contributed by atoms with Crippen molar-refractivity contribution in [1.29, 1.82) is 0 Å². The van der Waals surface area contributed by atoms with Gasteiger partial charge in [-0.2, -0.15) is 8.78 Å². The van der Waals surface area contributed by atoms with Crippen molar-refractivity contribution < 1.29 is 13.2 Å². The first kappa shape index (κ1) is 13.6. The summed E-state index contributed by atoms with van der Waals surface area (Å²) in [6.07, 6.45) is 2.56. The number of rotatable bonds is 5. The van der Waals surface area contributed by atoms with Crippen LogP contribution in [0.1, 0.15) is 17.9 Å². The molecule has 0 N–H and O–H groups in total. The Morgan fingerprint density at radius 1 is 1.26 bits per heavy atom. The monoisotopic (exact) mass is 269 g/mol. The second-order valence-corrected chi connectivity index (χ2v) is 4.29. The number of halogens is 3. The van der Waals surface area contributed by atoms with Crippen molar-refractivity contribution in [1.82, 2.24) is 14.5 Å². The Morgan fingerprint density at radius 3 is 2.68 bits per heavy atom. The summed E-state index contributed by atoms with van der Waals surface area (Å²) in [5, 5.41) is 0. The van der Waals surface area contributed by atoms with Gasteiger partial charge in [-0.3, -0.25) is 9.47 Å². The Balaban J connectivity index is 2.03. The number of hydrogen-bond donors (Lipinski definition) is 0. The van der Waals surface area contributed by atoms with Crippen molar-refractivity contribution in [3.05, 3.63) is 53.9 Å². The molecule has 0 radical (unpaired) electrons. The maximum atomic E-state index is 13.5. The van der Waals surface area contributed by atoms with Crippen LogP contribution in [-0.2, 0) is 13.1 Å². The van der Waals surface area contributed by atoms with Crippen LogP contribution in [0.5, 0.6) is 0 Å². The fourth-order valence-corrected chi connectivity index (χ4v) is 1.86. The lowest BCUT2D eigenvalue weighted by Gasteiger charge is -2.17. The molecule has 0 aliphatic rings. The van der Waals surface area contributed by atoms with E-state index in [1.807, 2.05) is 0 Å². The third-order valence-electron chi connectivity index (χ3n) is 2.77. The predicted octanol–water partition coefficient (Wildman–Crippen LogP) is 3.05. The molecule has 1 aromatic heterocycles. The first-order chi connectivity index (χ1) is 9.08. The second kappa shape index (κ2) is 5.88. The summed E-state index contributed by atoms with van der Waals surface area (Å²) in [5.74, 6) is -0.0413. The van der Waals surface area contributed by atoms with Gasteiger partial charge in [0.05, 0.1) is 6.54 Å². The first-order valence-corrected chi connectivity index (χ1v) is 5.79. The van der Waals surface area contributed by atoms with E-state index in [0.717, 1.165) is 4.57 Å². The van der Waals surface area contributed by atoms with E-state index < -0.39 is 6.55 Å². The van der Waals surface area contributed by atoms with Crippen LogP contribution >= 0.6 is 0 Å². The molecular formula is C13H14F3N3. The van der Waals surface area contributed by atoms with Crippen LogP contribution in [0.4, 0.5) is 13.2 Å². The van der Waals surface area contributed by atoms with Crippen molar-refractivity contribution >= 4 is 0 Å². The molecule has 1 aromatic carbocycles. The molecule has 0 aliphatic heterocycles. The third kappa shape index (κ3) is 3.35. The largest absolute Gasteiger partial charge is 0.319 e. The average molecular weight is 269 g/mol. The number of benzene rings is 1. The van der Waals surface area contributed by atoms with Gasteiger partial charge in [0, 0.05) is 24.5 Å². The Labute approximate surface area is 109 Å². The lowest BCUT2D eigenvalue weighted by molar-refractivity contribution is 0.0644. The number of alkyl halides is 2. The summed E-state index contributed by atoms with van der Waals surface area (Å²) in [4.78, 5) is 5.62. The molecule has 102 valence electrons. The van der Waals surface area contributed by atoms with E-state index in [2.05, 4.69) is 4.98 Å². The summed E-state index contributed by atoms with van der Waals surface area (Å²) in [6.45, 7) is -2.05. The molecule has 2 aromatic rings. The first-order valence-electron chi connectivity index (χ1n) is 5.79. The minimum Gasteiger partial charge on any atom is -0.295 e. The minimum absolute atomic E-state index is 0.228. The molecule has 0 unspecified atom stereocenters. The van der Waals surface area contributed by atoms with Crippen molar-refractivity contribution in [2.75, 3.05) is 7.05 Å². The van der Waals surface area contributed by atoms with E-state index in [0.29, 0.717) is 12.1 Å². The zero-order chi connectivity index (χ0) is 13.8. The molecule has 0 spiro atoms. The van der Waals surface area contributed by atoms with Crippen molar-refractivity contribution in [3.63, 3.8) is 0 Å². The molecule has 0 atom stereocenters. The van der Waals surface area contributed by atoms with Gasteiger partial charge in [0.1, 0.15) is 11.6 Å². The van der Waals surface area contributed by atoms with E-state index in [1.165, 1.54) is 18.5 Å². The van der Waals surface area contributed by atoms with Gasteiger partial charge in [0.2, 0.25) is 0 Å². The average Bonchev–Trinajstić information content (AvgIpc) is 2.80. The molecular weight excluding hydrogens is 255 g/mol. The Hall–Kier alpha value is -1.82. The highest BCUT2D eigenvalue weighted by Crippen LogP contribution is 2.15. The van der Waals surface area contributed by atoms with Crippen LogP contribution in [0.25, 0.3) is 0 Å². The highest BCUT2D eigenvalue weighted by Gasteiger charge is 2.13. The SMILES string of the molecule is CN(Cc1ccccc1F)Cc1nccn1C(F)F. The standard InChI is InChI=1S/C13H14F3N3/c1-18(8-10-4-2-3-5-11(10)14)9-12-17-6-7-19(12)13(15)16/h2-7,13H,8-9H2,1H3. The van der Waals surface area contributed by atoms with E-state index in [1.54, 1.807) is 30.1 Å². The number of aromatic nitrogens is 2. The van der Waals surface area contributed by atoms with E-state index in [-0.39, 0.29) is 18.2 Å². The van der Waals surface area contributed by atoms with E-state index >= 15 is 0 Å². The van der Waals surface area contributed by atoms with Gasteiger partial charge in [0.25, 0.3) is 0 Å². The fraction of sp³-hybridized carbons (Fsp3) is 0.308. The van der Waals surface area contributed by atoms with Crippen molar-refractivity contribution in [2.45, 2.75) is 19.6 Å². The quantitative estimate of drug-likeness (QED) is 0.831. The molecule has 0 fully saturated rings. The highest BCUT2D eigenvalue weighted by atomic mass is 19.3. The van der Waals surface area contributed by atoms with Crippen LogP contribution in [0.2, 0.25) is 0 Å². The second-order valence-electron chi connectivity index (χ2n) is 4.29. The zero-order valence-corrected chi connectivity index (χ0v) is 10.4. The van der Waals surface area contributed by atoms with E-state index in [9.17, 15) is 13.2 Å². The Kier molecular flexibility index (Phi) is 4.21. The predicted molar refractivity (Wildman–Crippen MR) is 65.1 cm³/mol. The summed E-state index contributed by atoms with van der Waals surface area (Å²) in [7, 11) is 1.73. The molecule has 3 nitrogen and oxygen atoms in total. The van der Waals surface area contributed by atoms with Gasteiger partial charge in [-0.25, -0.2) is 9.37 Å². The van der Waals surface area contributed by atoms with Crippen LogP contribution in [0, 0.1) is 5.82 Å². The van der Waals surface area contributed by atoms with Gasteiger partial charge < -0.3 is 0 Å². The van der Waals surface area contributed by atoms with Crippen LogP contribution in [-0.4, -0.2) is 21.5 Å². The number of hydrogen-bond acceptors (Lipinski definition) is 2. The summed E-state index contributed by atoms with van der Waals surface area (Å²) in [6, 6.07) is 6.41. The highest BCUT2D eigenvalue weighted by molar-refractivity contribution is 5.17. The molecule has 0 bridgehead atoms. The lowest BCUT2D eigenvalue weighted by Crippen LogP contribution is -2.21. The molecule has 0 saturated carbocycles. The minimum atomic E-state index is -2.61. The molecule has 0 saturated heterocycles. The number of imidazole rings is 1. The van der Waals surface area contributed by atoms with Gasteiger partial charge in [-0.15, -0.1) is 0 Å². The number of nitrogens with zero attached hydrogens (tertiary/aromatic N) is 3. The summed E-state index contributed by atoms with van der Waals surface area (Å²) in [5.41, 5.74) is 0.528. The van der Waals surface area contributed by atoms with Crippen molar-refractivity contribution in [2.24, 2.45) is 0 Å². The summed E-state index contributed by atoms with van der Waals surface area (Å²) >= 11 is 0. The zero-order valence-electron chi connectivity index (χ0n) is 10.4. The maximum absolute atomic E-state index is 13.5. The van der Waals surface area contributed by atoms with E-state index in [4.69, 9.17) is 0 Å². The fourth-order valence-electron chi connectivity index (χ4n) is 1.86. The molecule has 2 rings (SSSR count). The molecule has 1 heterocycles. The van der Waals surface area contributed by atoms with Gasteiger partial charge >= 0.3 is 6.55 Å². The normalized spacial score (nSPS) is 11.5. The van der Waals surface area contributed by atoms with Crippen LogP contribution in [0.15, 0.2) is 36.7 Å². The smallest absolute Gasteiger partial charge is 0.295 e. The molecule has 6 heteroatoms. The van der Waals surface area contributed by atoms with Crippen molar-refractivity contribution in [3.8, 4) is 0 Å². The Morgan fingerprint density at radius 2 is 2.00 bits per heavy atom. The lowest BCUT2D eigenvalue weighted by atomic mass is 10.2. The maximum Gasteiger partial charge on any atom is 0.319 e. The molecule has 0 aliphatic carbocycles. The Bertz CT molecular complexity index is 539. The van der Waals surface area contributed by atoms with Gasteiger partial charge in [-0.05, 0) is 13.1 Å². The third-order valence-corrected chi connectivity index (χ3v) is 2.77. The molecule has 0 amide bonds.